The van der Waals surface area contributed by atoms with E-state index in [1.54, 1.807) is 0 Å². The molecular weight excluding hydrogens is 288 g/mol. The monoisotopic (exact) mass is 310 g/mol. The minimum Gasteiger partial charge on any atom is -0.346 e. The number of nitrogens with zero attached hydrogens (tertiary/aromatic N) is 1. The van der Waals surface area contributed by atoms with E-state index in [2.05, 4.69) is 36.7 Å². The highest BCUT2D eigenvalue weighted by Gasteiger charge is 2.11. The first-order valence-electron chi connectivity index (χ1n) is 7.26. The molecule has 1 heterocycles. The average Bonchev–Trinajstić information content (AvgIpc) is 2.76. The predicted octanol–water partition coefficient (Wildman–Crippen LogP) is 4.33. The lowest BCUT2D eigenvalue weighted by Crippen LogP contribution is -2.21. The smallest absolute Gasteiger partial charge is 0.0498 e. The zero-order chi connectivity index (χ0) is 14.5. The van der Waals surface area contributed by atoms with Gasteiger partial charge in [0.05, 0.1) is 0 Å². The molecule has 0 aliphatic carbocycles. The van der Waals surface area contributed by atoms with Gasteiger partial charge in [-0.3, -0.25) is 0 Å². The molecule has 1 unspecified atom stereocenters. The Morgan fingerprint density at radius 2 is 2.15 bits per heavy atom. The van der Waals surface area contributed by atoms with Gasteiger partial charge in [0.1, 0.15) is 0 Å². The van der Waals surface area contributed by atoms with Gasteiger partial charge >= 0.3 is 0 Å². The molecular formula is C16H23ClN2S. The second-order valence-corrected chi connectivity index (χ2v) is 6.91. The summed E-state index contributed by atoms with van der Waals surface area (Å²) in [5.41, 5.74) is 8.69. The Labute approximate surface area is 130 Å². The van der Waals surface area contributed by atoms with Crippen molar-refractivity contribution in [1.82, 2.24) is 4.57 Å². The summed E-state index contributed by atoms with van der Waals surface area (Å²) in [7, 11) is 0. The van der Waals surface area contributed by atoms with Crippen LogP contribution in [0.5, 0.6) is 0 Å². The van der Waals surface area contributed by atoms with Crippen LogP contribution in [0.3, 0.4) is 0 Å². The van der Waals surface area contributed by atoms with E-state index in [1.807, 2.05) is 17.8 Å². The van der Waals surface area contributed by atoms with Gasteiger partial charge in [0.15, 0.2) is 0 Å². The van der Waals surface area contributed by atoms with Crippen molar-refractivity contribution in [2.45, 2.75) is 39.3 Å². The normalized spacial score (nSPS) is 13.0. The van der Waals surface area contributed by atoms with E-state index in [0.29, 0.717) is 0 Å². The summed E-state index contributed by atoms with van der Waals surface area (Å²) in [6.07, 6.45) is 4.20. The zero-order valence-electron chi connectivity index (χ0n) is 12.2. The molecule has 1 aromatic carbocycles. The van der Waals surface area contributed by atoms with Crippen molar-refractivity contribution in [3.05, 3.63) is 35.0 Å². The summed E-state index contributed by atoms with van der Waals surface area (Å²) in [5, 5.41) is 2.09. The lowest BCUT2D eigenvalue weighted by molar-refractivity contribution is 0.646. The number of hydrogen-bond donors (Lipinski definition) is 1. The number of nitrogens with two attached hydrogens (primary N) is 1. The Hall–Kier alpha value is -0.640. The van der Waals surface area contributed by atoms with Gasteiger partial charge in [-0.2, -0.15) is 11.8 Å². The van der Waals surface area contributed by atoms with Crippen LogP contribution in [0.1, 0.15) is 25.8 Å². The van der Waals surface area contributed by atoms with Gasteiger partial charge in [0, 0.05) is 40.5 Å². The number of halogens is 1. The van der Waals surface area contributed by atoms with E-state index in [-0.39, 0.29) is 6.04 Å². The lowest BCUT2D eigenvalue weighted by atomic mass is 10.0. The lowest BCUT2D eigenvalue weighted by Gasteiger charge is -2.06. The van der Waals surface area contributed by atoms with Gasteiger partial charge < -0.3 is 10.3 Å². The first-order chi connectivity index (χ1) is 9.65. The van der Waals surface area contributed by atoms with Crippen LogP contribution in [-0.4, -0.2) is 22.1 Å². The number of benzene rings is 1. The molecule has 4 heteroatoms. The van der Waals surface area contributed by atoms with Crippen LogP contribution in [-0.2, 0) is 13.0 Å². The quantitative estimate of drug-likeness (QED) is 0.772. The average molecular weight is 311 g/mol. The number of aromatic nitrogens is 1. The molecule has 0 bridgehead atoms. The van der Waals surface area contributed by atoms with Gasteiger partial charge in [-0.1, -0.05) is 31.5 Å². The molecule has 0 fully saturated rings. The van der Waals surface area contributed by atoms with E-state index < -0.39 is 0 Å². The number of aryl methyl sites for hydroxylation is 1. The Morgan fingerprint density at radius 3 is 2.85 bits per heavy atom. The fourth-order valence-corrected chi connectivity index (χ4v) is 3.20. The van der Waals surface area contributed by atoms with Crippen molar-refractivity contribution in [3.8, 4) is 0 Å². The molecule has 1 aromatic heterocycles. The van der Waals surface area contributed by atoms with Crippen molar-refractivity contribution in [2.75, 3.05) is 11.5 Å². The van der Waals surface area contributed by atoms with Gasteiger partial charge in [-0.05, 0) is 36.3 Å². The largest absolute Gasteiger partial charge is 0.346 e. The maximum absolute atomic E-state index is 6.15. The minimum atomic E-state index is 0.231. The molecule has 20 heavy (non-hydrogen) atoms. The Kier molecular flexibility index (Phi) is 5.82. The molecule has 0 amide bonds. The second-order valence-electron chi connectivity index (χ2n) is 5.08. The SMILES string of the molecule is CCSCCn1cc(CC(N)CC)c2ccc(Cl)cc21. The van der Waals surface area contributed by atoms with Crippen LogP contribution >= 0.6 is 23.4 Å². The topological polar surface area (TPSA) is 30.9 Å². The summed E-state index contributed by atoms with van der Waals surface area (Å²) in [5.74, 6) is 2.29. The van der Waals surface area contributed by atoms with Crippen molar-refractivity contribution in [2.24, 2.45) is 5.73 Å². The molecule has 2 rings (SSSR count). The maximum Gasteiger partial charge on any atom is 0.0498 e. The third-order valence-electron chi connectivity index (χ3n) is 3.61. The predicted molar refractivity (Wildman–Crippen MR) is 91.9 cm³/mol. The number of rotatable bonds is 7. The van der Waals surface area contributed by atoms with Crippen LogP contribution in [0, 0.1) is 0 Å². The molecule has 0 aliphatic heterocycles. The molecule has 0 aliphatic rings. The standard InChI is InChI=1S/C16H23ClN2S/c1-3-14(18)9-12-11-19(7-8-20-4-2)16-10-13(17)5-6-15(12)16/h5-6,10-11,14H,3-4,7-9,18H2,1-2H3. The molecule has 0 spiro atoms. The fourth-order valence-electron chi connectivity index (χ4n) is 2.42. The third-order valence-corrected chi connectivity index (χ3v) is 4.73. The van der Waals surface area contributed by atoms with Gasteiger partial charge in [0.2, 0.25) is 0 Å². The molecule has 2 aromatic rings. The second kappa shape index (κ2) is 7.39. The number of fused-ring (bicyclic) bond motifs is 1. The van der Waals surface area contributed by atoms with Crippen molar-refractivity contribution >= 4 is 34.3 Å². The van der Waals surface area contributed by atoms with E-state index in [0.717, 1.165) is 35.9 Å². The highest BCUT2D eigenvalue weighted by atomic mass is 35.5. The maximum atomic E-state index is 6.15. The number of thioether (sulfide) groups is 1. The summed E-state index contributed by atoms with van der Waals surface area (Å²) in [6, 6.07) is 6.39. The molecule has 110 valence electrons. The van der Waals surface area contributed by atoms with Crippen molar-refractivity contribution < 1.29 is 0 Å². The highest BCUT2D eigenvalue weighted by Crippen LogP contribution is 2.26. The Morgan fingerprint density at radius 1 is 1.35 bits per heavy atom. The van der Waals surface area contributed by atoms with Crippen LogP contribution < -0.4 is 5.73 Å². The van der Waals surface area contributed by atoms with Gasteiger partial charge in [0.25, 0.3) is 0 Å². The molecule has 2 nitrogen and oxygen atoms in total. The molecule has 0 saturated heterocycles. The molecule has 0 radical (unpaired) electrons. The third kappa shape index (κ3) is 3.72. The van der Waals surface area contributed by atoms with Crippen molar-refractivity contribution in [1.29, 1.82) is 0 Å². The van der Waals surface area contributed by atoms with Crippen LogP contribution in [0.25, 0.3) is 10.9 Å². The Bertz CT molecular complexity index is 565. The summed E-state index contributed by atoms with van der Waals surface area (Å²) < 4.78 is 2.32. The molecule has 2 N–H and O–H groups in total. The van der Waals surface area contributed by atoms with Gasteiger partial charge in [-0.15, -0.1) is 0 Å². The van der Waals surface area contributed by atoms with Gasteiger partial charge in [-0.25, -0.2) is 0 Å². The van der Waals surface area contributed by atoms with E-state index in [9.17, 15) is 0 Å². The molecule has 1 atom stereocenters. The summed E-state index contributed by atoms with van der Waals surface area (Å²) >= 11 is 8.12. The van der Waals surface area contributed by atoms with E-state index in [1.165, 1.54) is 16.5 Å². The molecule has 0 saturated carbocycles. The first-order valence-corrected chi connectivity index (χ1v) is 8.79. The first kappa shape index (κ1) is 15.7. The van der Waals surface area contributed by atoms with Crippen LogP contribution in [0.4, 0.5) is 0 Å². The zero-order valence-corrected chi connectivity index (χ0v) is 13.8. The van der Waals surface area contributed by atoms with E-state index in [4.69, 9.17) is 17.3 Å². The summed E-state index contributed by atoms with van der Waals surface area (Å²) in [4.78, 5) is 0. The van der Waals surface area contributed by atoms with Crippen LogP contribution in [0.2, 0.25) is 5.02 Å². The Balaban J connectivity index is 2.33. The fraction of sp³-hybridized carbons (Fsp3) is 0.500. The number of hydrogen-bond acceptors (Lipinski definition) is 2. The summed E-state index contributed by atoms with van der Waals surface area (Å²) in [6.45, 7) is 5.36. The minimum absolute atomic E-state index is 0.231. The van der Waals surface area contributed by atoms with E-state index >= 15 is 0 Å². The highest BCUT2D eigenvalue weighted by molar-refractivity contribution is 7.99. The van der Waals surface area contributed by atoms with Crippen LogP contribution in [0.15, 0.2) is 24.4 Å². The van der Waals surface area contributed by atoms with Crippen molar-refractivity contribution in [3.63, 3.8) is 0 Å².